The molecule has 7 heteroatoms. The van der Waals surface area contributed by atoms with Crippen molar-refractivity contribution in [2.45, 2.75) is 31.0 Å². The summed E-state index contributed by atoms with van der Waals surface area (Å²) in [6.45, 7) is 0. The van der Waals surface area contributed by atoms with Gasteiger partial charge in [0.2, 0.25) is 0 Å². The first-order chi connectivity index (χ1) is 10.7. The lowest BCUT2D eigenvalue weighted by Gasteiger charge is -2.42. The van der Waals surface area contributed by atoms with Gasteiger partial charge in [0.25, 0.3) is 0 Å². The number of aromatic nitrogens is 5. The Labute approximate surface area is 125 Å². The Balaban J connectivity index is 1.76. The van der Waals surface area contributed by atoms with Gasteiger partial charge in [-0.2, -0.15) is 10.4 Å². The van der Waals surface area contributed by atoms with Gasteiger partial charge in [0.05, 0.1) is 29.9 Å². The minimum absolute atomic E-state index is 0.262. The fourth-order valence-electron chi connectivity index (χ4n) is 3.13. The number of nitrogens with zero attached hydrogens (tertiary/aromatic N) is 5. The molecule has 110 valence electrons. The highest BCUT2D eigenvalue weighted by molar-refractivity contribution is 5.89. The number of fused-ring (bicyclic) bond motifs is 1. The van der Waals surface area contributed by atoms with Crippen molar-refractivity contribution in [2.75, 3.05) is 0 Å². The quantitative estimate of drug-likeness (QED) is 0.805. The molecule has 0 atom stereocenters. The lowest BCUT2D eigenvalue weighted by atomic mass is 9.73. The van der Waals surface area contributed by atoms with Gasteiger partial charge in [-0.1, -0.05) is 0 Å². The molecule has 3 heterocycles. The third-order valence-corrected chi connectivity index (χ3v) is 4.31. The summed E-state index contributed by atoms with van der Waals surface area (Å²) < 4.78 is 15.1. The number of H-pyrrole nitrogens is 1. The van der Waals surface area contributed by atoms with E-state index in [1.807, 2.05) is 18.5 Å². The van der Waals surface area contributed by atoms with Crippen LogP contribution in [0.4, 0.5) is 4.39 Å². The summed E-state index contributed by atoms with van der Waals surface area (Å²) in [5.74, 6) is 0. The molecule has 0 saturated heterocycles. The predicted octanol–water partition coefficient (Wildman–Crippen LogP) is 2.56. The first-order valence-corrected chi connectivity index (χ1v) is 7.06. The highest BCUT2D eigenvalue weighted by Crippen LogP contribution is 2.44. The summed E-state index contributed by atoms with van der Waals surface area (Å²) in [6.07, 6.45) is 6.95. The average molecular weight is 296 g/mol. The van der Waals surface area contributed by atoms with E-state index in [9.17, 15) is 4.39 Å². The third-order valence-electron chi connectivity index (χ3n) is 4.31. The second-order valence-electron chi connectivity index (χ2n) is 5.70. The molecule has 1 aliphatic carbocycles. The smallest absolute Gasteiger partial charge is 0.141 e. The van der Waals surface area contributed by atoms with Gasteiger partial charge < -0.3 is 4.98 Å². The standard InChI is InChI=1S/C15H13FN6/c16-11-5-15(6-11,2-3-17)22-8-10(7-21-22)13-12-1-4-18-14(12)20-9-19-13/h1,4,7-9,11H,2,5-6H2,(H,18,19,20). The molecule has 3 aromatic rings. The van der Waals surface area contributed by atoms with Crippen molar-refractivity contribution >= 4 is 11.0 Å². The Morgan fingerprint density at radius 1 is 1.45 bits per heavy atom. The minimum atomic E-state index is -0.851. The van der Waals surface area contributed by atoms with Gasteiger partial charge >= 0.3 is 0 Å². The third kappa shape index (κ3) is 1.80. The molecule has 1 saturated carbocycles. The summed E-state index contributed by atoms with van der Waals surface area (Å²) in [5.41, 5.74) is 1.86. The number of alkyl halides is 1. The number of nitrogens with one attached hydrogen (secondary N) is 1. The Bertz CT molecular complexity index is 867. The average Bonchev–Trinajstić information content (AvgIpc) is 3.14. The summed E-state index contributed by atoms with van der Waals surface area (Å²) in [6, 6.07) is 4.06. The van der Waals surface area contributed by atoms with E-state index in [0.29, 0.717) is 12.8 Å². The van der Waals surface area contributed by atoms with Crippen LogP contribution in [-0.4, -0.2) is 30.9 Å². The Morgan fingerprint density at radius 3 is 3.09 bits per heavy atom. The van der Waals surface area contributed by atoms with E-state index in [4.69, 9.17) is 5.26 Å². The van der Waals surface area contributed by atoms with Crippen LogP contribution in [0.15, 0.2) is 31.0 Å². The number of hydrogen-bond acceptors (Lipinski definition) is 4. The van der Waals surface area contributed by atoms with Gasteiger partial charge in [0.15, 0.2) is 0 Å². The fourth-order valence-corrected chi connectivity index (χ4v) is 3.13. The Kier molecular flexibility index (Phi) is 2.73. The normalized spacial score (nSPS) is 24.1. The van der Waals surface area contributed by atoms with Gasteiger partial charge in [0.1, 0.15) is 18.1 Å². The number of aromatic amines is 1. The lowest BCUT2D eigenvalue weighted by Crippen LogP contribution is -2.47. The molecule has 0 spiro atoms. The van der Waals surface area contributed by atoms with E-state index >= 15 is 0 Å². The number of hydrogen-bond donors (Lipinski definition) is 1. The summed E-state index contributed by atoms with van der Waals surface area (Å²) >= 11 is 0. The monoisotopic (exact) mass is 296 g/mol. The molecule has 6 nitrogen and oxygen atoms in total. The van der Waals surface area contributed by atoms with Gasteiger partial charge in [-0.05, 0) is 6.07 Å². The highest BCUT2D eigenvalue weighted by atomic mass is 19.1. The van der Waals surface area contributed by atoms with Gasteiger partial charge in [-0.15, -0.1) is 0 Å². The zero-order valence-electron chi connectivity index (χ0n) is 11.7. The van der Waals surface area contributed by atoms with Crippen LogP contribution in [-0.2, 0) is 5.54 Å². The molecule has 0 aromatic carbocycles. The summed E-state index contributed by atoms with van der Waals surface area (Å²) in [4.78, 5) is 11.5. The number of halogens is 1. The van der Waals surface area contributed by atoms with Gasteiger partial charge in [-0.25, -0.2) is 14.4 Å². The van der Waals surface area contributed by atoms with Crippen LogP contribution in [0.1, 0.15) is 19.3 Å². The first-order valence-electron chi connectivity index (χ1n) is 7.06. The second-order valence-corrected chi connectivity index (χ2v) is 5.70. The van der Waals surface area contributed by atoms with E-state index in [1.54, 1.807) is 10.9 Å². The largest absolute Gasteiger partial charge is 0.346 e. The zero-order valence-corrected chi connectivity index (χ0v) is 11.7. The predicted molar refractivity (Wildman–Crippen MR) is 77.4 cm³/mol. The van der Waals surface area contributed by atoms with Crippen molar-refractivity contribution in [1.29, 1.82) is 5.26 Å². The molecule has 1 fully saturated rings. The molecule has 0 aliphatic heterocycles. The molecular formula is C15H13FN6. The summed E-state index contributed by atoms with van der Waals surface area (Å²) in [7, 11) is 0. The van der Waals surface area contributed by atoms with Crippen molar-refractivity contribution < 1.29 is 4.39 Å². The van der Waals surface area contributed by atoms with Crippen LogP contribution >= 0.6 is 0 Å². The van der Waals surface area contributed by atoms with E-state index in [0.717, 1.165) is 22.3 Å². The number of rotatable bonds is 3. The number of nitriles is 1. The van der Waals surface area contributed by atoms with Gasteiger partial charge in [0, 0.05) is 36.2 Å². The lowest BCUT2D eigenvalue weighted by molar-refractivity contribution is 0.0293. The van der Waals surface area contributed by atoms with E-state index in [-0.39, 0.29) is 6.42 Å². The van der Waals surface area contributed by atoms with Crippen LogP contribution in [0.5, 0.6) is 0 Å². The van der Waals surface area contributed by atoms with Gasteiger partial charge in [-0.3, -0.25) is 4.68 Å². The molecule has 0 unspecified atom stereocenters. The van der Waals surface area contributed by atoms with Crippen LogP contribution in [0.3, 0.4) is 0 Å². The van der Waals surface area contributed by atoms with Crippen LogP contribution < -0.4 is 0 Å². The second kappa shape index (κ2) is 4.63. The molecule has 0 radical (unpaired) electrons. The molecular weight excluding hydrogens is 283 g/mol. The Morgan fingerprint density at radius 2 is 2.32 bits per heavy atom. The molecule has 0 amide bonds. The zero-order chi connectivity index (χ0) is 15.2. The first kappa shape index (κ1) is 13.0. The molecule has 1 N–H and O–H groups in total. The minimum Gasteiger partial charge on any atom is -0.346 e. The summed E-state index contributed by atoms with van der Waals surface area (Å²) in [5, 5.41) is 14.3. The maximum atomic E-state index is 13.3. The van der Waals surface area contributed by atoms with Crippen molar-refractivity contribution in [3.05, 3.63) is 31.0 Å². The molecule has 1 aliphatic rings. The van der Waals surface area contributed by atoms with Crippen molar-refractivity contribution in [1.82, 2.24) is 24.7 Å². The SMILES string of the molecule is N#CCC1(n2cc(-c3ncnc4[nH]ccc34)cn2)CC(F)C1. The topological polar surface area (TPSA) is 83.2 Å². The van der Waals surface area contributed by atoms with Crippen LogP contribution in [0, 0.1) is 11.3 Å². The van der Waals surface area contributed by atoms with Crippen LogP contribution in [0.2, 0.25) is 0 Å². The van der Waals surface area contributed by atoms with E-state index in [2.05, 4.69) is 26.1 Å². The van der Waals surface area contributed by atoms with E-state index < -0.39 is 11.7 Å². The van der Waals surface area contributed by atoms with Crippen molar-refractivity contribution in [3.63, 3.8) is 0 Å². The molecule has 22 heavy (non-hydrogen) atoms. The maximum absolute atomic E-state index is 13.3. The fraction of sp³-hybridized carbons (Fsp3) is 0.333. The highest BCUT2D eigenvalue weighted by Gasteiger charge is 2.47. The van der Waals surface area contributed by atoms with Crippen molar-refractivity contribution in [3.8, 4) is 17.3 Å². The molecule has 0 bridgehead atoms. The van der Waals surface area contributed by atoms with E-state index in [1.165, 1.54) is 6.33 Å². The molecule has 4 rings (SSSR count). The molecule has 3 aromatic heterocycles. The van der Waals surface area contributed by atoms with Crippen molar-refractivity contribution in [2.24, 2.45) is 0 Å². The Hall–Kier alpha value is -2.75. The van der Waals surface area contributed by atoms with Crippen LogP contribution in [0.25, 0.3) is 22.3 Å². The maximum Gasteiger partial charge on any atom is 0.141 e.